The molecule has 1 unspecified atom stereocenters. The van der Waals surface area contributed by atoms with Crippen LogP contribution in [0, 0.1) is 13.8 Å². The minimum absolute atomic E-state index is 0.170. The molecular formula is C16H27NO. The highest BCUT2D eigenvalue weighted by molar-refractivity contribution is 5.44. The largest absolute Gasteiger partial charge is 0.496 e. The van der Waals surface area contributed by atoms with Crippen molar-refractivity contribution < 1.29 is 4.74 Å². The minimum Gasteiger partial charge on any atom is -0.496 e. The molecule has 0 aliphatic rings. The standard InChI is InChI=1S/C16H27NO/c1-11-9-15(18-7)12(2)8-14(11)16(4,5)10-13(3)17-6/h8-9,13,17H,10H2,1-7H3. The number of hydrogen-bond acceptors (Lipinski definition) is 2. The Morgan fingerprint density at radius 3 is 2.33 bits per heavy atom. The van der Waals surface area contributed by atoms with Crippen molar-refractivity contribution in [3.8, 4) is 5.75 Å². The molecule has 2 heteroatoms. The third kappa shape index (κ3) is 3.26. The van der Waals surface area contributed by atoms with Gasteiger partial charge in [0.1, 0.15) is 5.75 Å². The van der Waals surface area contributed by atoms with Gasteiger partial charge in [0.05, 0.1) is 7.11 Å². The van der Waals surface area contributed by atoms with Crippen LogP contribution in [0.1, 0.15) is 43.9 Å². The normalized spacial score (nSPS) is 13.5. The van der Waals surface area contributed by atoms with Crippen molar-refractivity contribution in [2.24, 2.45) is 0 Å². The van der Waals surface area contributed by atoms with Gasteiger partial charge in [0.2, 0.25) is 0 Å². The quantitative estimate of drug-likeness (QED) is 0.861. The van der Waals surface area contributed by atoms with Crippen molar-refractivity contribution in [3.63, 3.8) is 0 Å². The molecule has 0 saturated carbocycles. The summed E-state index contributed by atoms with van der Waals surface area (Å²) in [6.45, 7) is 11.1. The molecule has 0 amide bonds. The summed E-state index contributed by atoms with van der Waals surface area (Å²) < 4.78 is 5.38. The van der Waals surface area contributed by atoms with Crippen molar-refractivity contribution in [1.82, 2.24) is 5.32 Å². The first-order chi connectivity index (χ1) is 8.31. The molecule has 0 aliphatic heterocycles. The van der Waals surface area contributed by atoms with Gasteiger partial charge in [-0.15, -0.1) is 0 Å². The fourth-order valence-corrected chi connectivity index (χ4v) is 2.72. The molecule has 102 valence electrons. The van der Waals surface area contributed by atoms with Crippen LogP contribution in [0.2, 0.25) is 0 Å². The molecule has 0 saturated heterocycles. The number of rotatable bonds is 5. The van der Waals surface area contributed by atoms with Crippen LogP contribution in [0.25, 0.3) is 0 Å². The van der Waals surface area contributed by atoms with E-state index in [1.807, 2.05) is 7.05 Å². The highest BCUT2D eigenvalue weighted by Crippen LogP contribution is 2.34. The first kappa shape index (κ1) is 15.0. The first-order valence-corrected chi connectivity index (χ1v) is 6.64. The molecule has 1 rings (SSSR count). The summed E-state index contributed by atoms with van der Waals surface area (Å²) in [5, 5.41) is 3.32. The molecule has 18 heavy (non-hydrogen) atoms. The molecule has 0 spiro atoms. The zero-order chi connectivity index (χ0) is 13.9. The number of methoxy groups -OCH3 is 1. The number of hydrogen-bond donors (Lipinski definition) is 1. The lowest BCUT2D eigenvalue weighted by Crippen LogP contribution is -2.31. The Hall–Kier alpha value is -1.02. The van der Waals surface area contributed by atoms with E-state index in [-0.39, 0.29) is 5.41 Å². The van der Waals surface area contributed by atoms with Gasteiger partial charge in [-0.3, -0.25) is 0 Å². The van der Waals surface area contributed by atoms with E-state index in [2.05, 4.69) is 52.1 Å². The average molecular weight is 249 g/mol. The van der Waals surface area contributed by atoms with Crippen LogP contribution in [-0.2, 0) is 5.41 Å². The van der Waals surface area contributed by atoms with Crippen LogP contribution in [0.15, 0.2) is 12.1 Å². The Morgan fingerprint density at radius 1 is 1.22 bits per heavy atom. The Labute approximate surface area is 112 Å². The van der Waals surface area contributed by atoms with Gasteiger partial charge in [0, 0.05) is 6.04 Å². The minimum atomic E-state index is 0.170. The predicted octanol–water partition coefficient (Wildman–Crippen LogP) is 3.59. The lowest BCUT2D eigenvalue weighted by Gasteiger charge is -2.31. The molecule has 1 aromatic rings. The highest BCUT2D eigenvalue weighted by Gasteiger charge is 2.25. The molecule has 1 aromatic carbocycles. The third-order valence-corrected chi connectivity index (χ3v) is 3.78. The average Bonchev–Trinajstić information content (AvgIpc) is 2.30. The number of ether oxygens (including phenoxy) is 1. The third-order valence-electron chi connectivity index (χ3n) is 3.78. The van der Waals surface area contributed by atoms with E-state index in [0.717, 1.165) is 12.2 Å². The summed E-state index contributed by atoms with van der Waals surface area (Å²) in [6, 6.07) is 4.94. The van der Waals surface area contributed by atoms with E-state index in [1.165, 1.54) is 16.7 Å². The van der Waals surface area contributed by atoms with Gasteiger partial charge >= 0.3 is 0 Å². The van der Waals surface area contributed by atoms with Crippen molar-refractivity contribution in [1.29, 1.82) is 0 Å². The van der Waals surface area contributed by atoms with E-state index in [4.69, 9.17) is 4.74 Å². The fourth-order valence-electron chi connectivity index (χ4n) is 2.72. The SMILES string of the molecule is CNC(C)CC(C)(C)c1cc(C)c(OC)cc1C. The zero-order valence-corrected chi connectivity index (χ0v) is 12.8. The molecule has 2 nitrogen and oxygen atoms in total. The van der Waals surface area contributed by atoms with Crippen LogP contribution in [0.3, 0.4) is 0 Å². The summed E-state index contributed by atoms with van der Waals surface area (Å²) in [5.74, 6) is 0.980. The van der Waals surface area contributed by atoms with Gasteiger partial charge in [-0.05, 0) is 62.4 Å². The molecule has 0 aliphatic carbocycles. The van der Waals surface area contributed by atoms with Crippen molar-refractivity contribution in [3.05, 3.63) is 28.8 Å². The van der Waals surface area contributed by atoms with Crippen molar-refractivity contribution in [2.45, 2.75) is 52.5 Å². The van der Waals surface area contributed by atoms with E-state index in [1.54, 1.807) is 7.11 Å². The Kier molecular flexibility index (Phi) is 4.80. The van der Waals surface area contributed by atoms with Crippen molar-refractivity contribution >= 4 is 0 Å². The molecule has 0 radical (unpaired) electrons. The lowest BCUT2D eigenvalue weighted by atomic mass is 9.77. The predicted molar refractivity (Wildman–Crippen MR) is 78.6 cm³/mol. The Morgan fingerprint density at radius 2 is 1.83 bits per heavy atom. The highest BCUT2D eigenvalue weighted by atomic mass is 16.5. The number of nitrogens with one attached hydrogen (secondary N) is 1. The van der Waals surface area contributed by atoms with Gasteiger partial charge in [-0.2, -0.15) is 0 Å². The zero-order valence-electron chi connectivity index (χ0n) is 12.8. The van der Waals surface area contributed by atoms with Crippen LogP contribution in [0.4, 0.5) is 0 Å². The van der Waals surface area contributed by atoms with Crippen molar-refractivity contribution in [2.75, 3.05) is 14.2 Å². The van der Waals surface area contributed by atoms with Crippen LogP contribution < -0.4 is 10.1 Å². The Bertz CT molecular complexity index is 410. The molecular weight excluding hydrogens is 222 g/mol. The van der Waals surface area contributed by atoms with E-state index in [0.29, 0.717) is 6.04 Å². The maximum Gasteiger partial charge on any atom is 0.122 e. The van der Waals surface area contributed by atoms with Crippen LogP contribution in [-0.4, -0.2) is 20.2 Å². The second-order valence-electron chi connectivity index (χ2n) is 5.91. The second kappa shape index (κ2) is 5.75. The molecule has 0 heterocycles. The van der Waals surface area contributed by atoms with Gasteiger partial charge in [-0.25, -0.2) is 0 Å². The maximum atomic E-state index is 5.38. The lowest BCUT2D eigenvalue weighted by molar-refractivity contribution is 0.397. The Balaban J connectivity index is 3.12. The molecule has 0 aromatic heterocycles. The molecule has 0 fully saturated rings. The van der Waals surface area contributed by atoms with Gasteiger partial charge in [0.25, 0.3) is 0 Å². The molecule has 1 atom stereocenters. The summed E-state index contributed by atoms with van der Waals surface area (Å²) in [5.41, 5.74) is 4.11. The number of aryl methyl sites for hydroxylation is 2. The van der Waals surface area contributed by atoms with Gasteiger partial charge < -0.3 is 10.1 Å². The first-order valence-electron chi connectivity index (χ1n) is 6.64. The smallest absolute Gasteiger partial charge is 0.122 e. The van der Waals surface area contributed by atoms with E-state index < -0.39 is 0 Å². The van der Waals surface area contributed by atoms with Gasteiger partial charge in [-0.1, -0.05) is 19.9 Å². The molecule has 1 N–H and O–H groups in total. The summed E-state index contributed by atoms with van der Waals surface area (Å²) >= 11 is 0. The van der Waals surface area contributed by atoms with E-state index >= 15 is 0 Å². The van der Waals surface area contributed by atoms with Crippen LogP contribution in [0.5, 0.6) is 5.75 Å². The fraction of sp³-hybridized carbons (Fsp3) is 0.625. The van der Waals surface area contributed by atoms with Gasteiger partial charge in [0.15, 0.2) is 0 Å². The van der Waals surface area contributed by atoms with E-state index in [9.17, 15) is 0 Å². The second-order valence-corrected chi connectivity index (χ2v) is 5.91. The topological polar surface area (TPSA) is 21.3 Å². The van der Waals surface area contributed by atoms with Crippen LogP contribution >= 0.6 is 0 Å². The monoisotopic (exact) mass is 249 g/mol. The number of benzene rings is 1. The summed E-state index contributed by atoms with van der Waals surface area (Å²) in [6.07, 6.45) is 1.12. The summed E-state index contributed by atoms with van der Waals surface area (Å²) in [7, 11) is 3.75. The maximum absolute atomic E-state index is 5.38. The molecule has 0 bridgehead atoms. The summed E-state index contributed by atoms with van der Waals surface area (Å²) in [4.78, 5) is 0.